The number of carbonyl (C=O) groups excluding carboxylic acids is 5. The van der Waals surface area contributed by atoms with E-state index in [1.165, 1.54) is 6.08 Å². The summed E-state index contributed by atoms with van der Waals surface area (Å²) < 4.78 is 20.2. The Hall–Kier alpha value is -2.74. The molecule has 0 aliphatic carbocycles. The molecule has 146 valence electrons. The summed E-state index contributed by atoms with van der Waals surface area (Å²) in [7, 11) is 0. The van der Waals surface area contributed by atoms with E-state index >= 15 is 0 Å². The van der Waals surface area contributed by atoms with Gasteiger partial charge in [-0.2, -0.15) is 4.99 Å². The van der Waals surface area contributed by atoms with Crippen molar-refractivity contribution in [1.29, 1.82) is 0 Å². The van der Waals surface area contributed by atoms with Gasteiger partial charge >= 0.3 is 23.9 Å². The number of esters is 4. The number of hydrogen-bond acceptors (Lipinski definition) is 10. The largest absolute Gasteiger partial charge is 0.462 e. The van der Waals surface area contributed by atoms with Gasteiger partial charge in [0, 0.05) is 27.7 Å². The lowest BCUT2D eigenvalue weighted by Gasteiger charge is -2.33. The molecule has 0 amide bonds. The third-order valence-electron chi connectivity index (χ3n) is 3.08. The number of ether oxygens (including phenoxy) is 4. The quantitative estimate of drug-likeness (QED) is 0.231. The highest BCUT2D eigenvalue weighted by atomic mass is 16.6. The minimum atomic E-state index is -1.36. The molecule has 0 N–H and O–H groups in total. The summed E-state index contributed by atoms with van der Waals surface area (Å²) in [5, 5.41) is 0. The summed E-state index contributed by atoms with van der Waals surface area (Å²) >= 11 is 0. The van der Waals surface area contributed by atoms with Crippen LogP contribution in [0, 0.1) is 0 Å². The molecule has 10 nitrogen and oxygen atoms in total. The topological polar surface area (TPSA) is 135 Å². The molecule has 0 saturated carbocycles. The van der Waals surface area contributed by atoms with E-state index in [0.717, 1.165) is 27.7 Å². The van der Waals surface area contributed by atoms with Crippen molar-refractivity contribution in [2.45, 2.75) is 65.4 Å². The van der Waals surface area contributed by atoms with Crippen LogP contribution >= 0.6 is 0 Å². The fourth-order valence-corrected chi connectivity index (χ4v) is 2.18. The van der Waals surface area contributed by atoms with Crippen molar-refractivity contribution in [3.05, 3.63) is 0 Å². The third kappa shape index (κ3) is 8.93. The summed E-state index contributed by atoms with van der Waals surface area (Å²) in [6.45, 7) is 5.65. The van der Waals surface area contributed by atoms with Gasteiger partial charge in [0.2, 0.25) is 6.08 Å². The average Bonchev–Trinajstić information content (AvgIpc) is 2.51. The molecule has 0 unspecified atom stereocenters. The van der Waals surface area contributed by atoms with Crippen molar-refractivity contribution < 1.29 is 42.9 Å². The summed E-state index contributed by atoms with van der Waals surface area (Å²) in [6, 6.07) is -0.920. The minimum Gasteiger partial charge on any atom is -0.462 e. The van der Waals surface area contributed by atoms with Gasteiger partial charge in [0.05, 0.1) is 0 Å². The third-order valence-corrected chi connectivity index (χ3v) is 3.08. The summed E-state index contributed by atoms with van der Waals surface area (Å²) in [5.74, 6) is -2.91. The van der Waals surface area contributed by atoms with Crippen molar-refractivity contribution in [2.24, 2.45) is 4.99 Å². The van der Waals surface area contributed by atoms with E-state index in [0.29, 0.717) is 0 Å². The second kappa shape index (κ2) is 11.8. The van der Waals surface area contributed by atoms with Crippen molar-refractivity contribution in [1.82, 2.24) is 0 Å². The molecule has 0 saturated heterocycles. The van der Waals surface area contributed by atoms with Crippen molar-refractivity contribution in [2.75, 3.05) is 6.61 Å². The van der Waals surface area contributed by atoms with Crippen LogP contribution in [0.3, 0.4) is 0 Å². The first-order chi connectivity index (χ1) is 12.1. The van der Waals surface area contributed by atoms with Crippen LogP contribution in [0.25, 0.3) is 0 Å². The Morgan fingerprint density at radius 3 is 1.73 bits per heavy atom. The summed E-state index contributed by atoms with van der Waals surface area (Å²) in [4.78, 5) is 59.7. The van der Waals surface area contributed by atoms with E-state index in [9.17, 15) is 24.0 Å². The van der Waals surface area contributed by atoms with Gasteiger partial charge in [-0.15, -0.1) is 0 Å². The van der Waals surface area contributed by atoms with Crippen LogP contribution in [0.15, 0.2) is 4.99 Å². The van der Waals surface area contributed by atoms with Gasteiger partial charge in [-0.25, -0.2) is 4.79 Å². The number of isocyanates is 1. The normalized spacial score (nSPS) is 14.7. The molecule has 0 aromatic rings. The Balaban J connectivity index is 5.95. The Kier molecular flexibility index (Phi) is 10.5. The lowest BCUT2D eigenvalue weighted by Crippen LogP contribution is -2.51. The van der Waals surface area contributed by atoms with E-state index in [1.54, 1.807) is 6.92 Å². The number of carbonyl (C=O) groups is 4. The maximum atomic E-state index is 11.5. The highest BCUT2D eigenvalue weighted by Gasteiger charge is 2.41. The molecule has 0 bridgehead atoms. The molecular formula is C16H23NO9. The number of rotatable bonds is 10. The molecule has 0 fully saturated rings. The Morgan fingerprint density at radius 2 is 1.35 bits per heavy atom. The highest BCUT2D eigenvalue weighted by molar-refractivity contribution is 5.68. The highest BCUT2D eigenvalue weighted by Crippen LogP contribution is 2.21. The average molecular weight is 373 g/mol. The van der Waals surface area contributed by atoms with E-state index in [2.05, 4.69) is 4.99 Å². The van der Waals surface area contributed by atoms with Crippen LogP contribution < -0.4 is 0 Å². The zero-order valence-electron chi connectivity index (χ0n) is 15.3. The van der Waals surface area contributed by atoms with Gasteiger partial charge in [-0.1, -0.05) is 6.92 Å². The Bertz CT molecular complexity index is 568. The molecule has 0 aromatic heterocycles. The van der Waals surface area contributed by atoms with Gasteiger partial charge in [0.1, 0.15) is 12.6 Å². The molecular weight excluding hydrogens is 350 g/mol. The van der Waals surface area contributed by atoms with Crippen molar-refractivity contribution in [3.8, 4) is 0 Å². The van der Waals surface area contributed by atoms with Gasteiger partial charge in [0.15, 0.2) is 18.3 Å². The smallest absolute Gasteiger partial charge is 0.303 e. The second-order valence-electron chi connectivity index (χ2n) is 5.29. The maximum absolute atomic E-state index is 11.5. The fraction of sp³-hybridized carbons (Fsp3) is 0.688. The molecule has 0 aliphatic rings. The number of aliphatic imine (C=N–C) groups is 1. The molecule has 26 heavy (non-hydrogen) atoms. The second-order valence-corrected chi connectivity index (χ2v) is 5.29. The van der Waals surface area contributed by atoms with E-state index in [-0.39, 0.29) is 6.42 Å². The summed E-state index contributed by atoms with van der Waals surface area (Å²) in [5.41, 5.74) is 0. The predicted octanol–water partition coefficient (Wildman–Crippen LogP) is 0.459. The zero-order valence-corrected chi connectivity index (χ0v) is 15.3. The number of nitrogens with zero attached hydrogens (tertiary/aromatic N) is 1. The minimum absolute atomic E-state index is 0.227. The lowest BCUT2D eigenvalue weighted by atomic mass is 9.99. The van der Waals surface area contributed by atoms with E-state index in [1.807, 2.05) is 0 Å². The fourth-order valence-electron chi connectivity index (χ4n) is 2.18. The van der Waals surface area contributed by atoms with Crippen LogP contribution in [-0.2, 0) is 42.9 Å². The molecule has 4 atom stereocenters. The molecule has 0 aromatic carbocycles. The molecule has 0 heterocycles. The van der Waals surface area contributed by atoms with Gasteiger partial charge in [-0.3, -0.25) is 19.2 Å². The monoisotopic (exact) mass is 373 g/mol. The van der Waals surface area contributed by atoms with Gasteiger partial charge < -0.3 is 18.9 Å². The van der Waals surface area contributed by atoms with Crippen LogP contribution in [0.2, 0.25) is 0 Å². The van der Waals surface area contributed by atoms with Crippen LogP contribution in [-0.4, -0.2) is 60.9 Å². The molecule has 0 rings (SSSR count). The zero-order chi connectivity index (χ0) is 20.3. The molecule has 0 spiro atoms. The van der Waals surface area contributed by atoms with Crippen LogP contribution in [0.5, 0.6) is 0 Å². The lowest BCUT2D eigenvalue weighted by molar-refractivity contribution is -0.190. The van der Waals surface area contributed by atoms with E-state index < -0.39 is 54.8 Å². The number of hydrogen-bond donors (Lipinski definition) is 0. The Morgan fingerprint density at radius 1 is 0.846 bits per heavy atom. The molecule has 0 radical (unpaired) electrons. The van der Waals surface area contributed by atoms with E-state index in [4.69, 9.17) is 18.9 Å². The first kappa shape index (κ1) is 23.3. The molecule has 0 aliphatic heterocycles. The predicted molar refractivity (Wildman–Crippen MR) is 85.5 cm³/mol. The van der Waals surface area contributed by atoms with Gasteiger partial charge in [-0.05, 0) is 6.42 Å². The first-order valence-corrected chi connectivity index (χ1v) is 7.84. The SMILES string of the molecule is CC[C@H](N=C=O)[C@@H](OC(C)=O)[C@H](OC(C)=O)[C@@H](COC(C)=O)OC(C)=O. The summed E-state index contributed by atoms with van der Waals surface area (Å²) in [6.07, 6.45) is -2.31. The van der Waals surface area contributed by atoms with Crippen molar-refractivity contribution >= 4 is 30.0 Å². The standard InChI is InChI=1S/C16H23NO9/c1-6-13(17-8-18)15(25-11(4)21)16(26-12(5)22)14(24-10(3)20)7-23-9(2)19/h13-16H,6-7H2,1-5H3/t13-,14+,15+,16+/m0/s1. The molecule has 10 heteroatoms. The van der Waals surface area contributed by atoms with Crippen molar-refractivity contribution in [3.63, 3.8) is 0 Å². The van der Waals surface area contributed by atoms with Crippen LogP contribution in [0.4, 0.5) is 0 Å². The maximum Gasteiger partial charge on any atom is 0.303 e. The Labute approximate surface area is 150 Å². The van der Waals surface area contributed by atoms with Gasteiger partial charge in [0.25, 0.3) is 0 Å². The first-order valence-electron chi connectivity index (χ1n) is 7.84. The van der Waals surface area contributed by atoms with Crippen LogP contribution in [0.1, 0.15) is 41.0 Å².